The van der Waals surface area contributed by atoms with Crippen LogP contribution in [0.3, 0.4) is 0 Å². The molecule has 0 radical (unpaired) electrons. The number of ether oxygens (including phenoxy) is 1. The molecule has 0 aliphatic carbocycles. The lowest BCUT2D eigenvalue weighted by Crippen LogP contribution is -2.21. The Morgan fingerprint density at radius 2 is 1.83 bits per heavy atom. The van der Waals surface area contributed by atoms with Crippen LogP contribution in [0, 0.1) is 0 Å². The van der Waals surface area contributed by atoms with E-state index in [1.807, 2.05) is 12.1 Å². The minimum Gasteiger partial charge on any atom is -0.494 e. The van der Waals surface area contributed by atoms with Crippen LogP contribution in [0.25, 0.3) is 0 Å². The van der Waals surface area contributed by atoms with Crippen LogP contribution < -0.4 is 10.5 Å². The highest BCUT2D eigenvalue weighted by atomic mass is 16.5. The van der Waals surface area contributed by atoms with E-state index >= 15 is 0 Å². The lowest BCUT2D eigenvalue weighted by Gasteiger charge is -2.11. The second kappa shape index (κ2) is 11.9. The molecule has 0 amide bonds. The van der Waals surface area contributed by atoms with Gasteiger partial charge in [-0.15, -0.1) is 0 Å². The first-order valence-electron chi connectivity index (χ1n) is 8.81. The number of aryl methyl sites for hydroxylation is 1. The number of aliphatic carboxylic acids is 1. The summed E-state index contributed by atoms with van der Waals surface area (Å²) in [6, 6.07) is 8.09. The highest BCUT2D eigenvalue weighted by molar-refractivity contribution is 5.66. The Kier molecular flexibility index (Phi) is 10.1. The van der Waals surface area contributed by atoms with Crippen LogP contribution in [0.15, 0.2) is 24.3 Å². The van der Waals surface area contributed by atoms with Gasteiger partial charge >= 0.3 is 5.97 Å². The van der Waals surface area contributed by atoms with Crippen molar-refractivity contribution < 1.29 is 14.6 Å². The summed E-state index contributed by atoms with van der Waals surface area (Å²) in [6.45, 7) is 3.00. The first-order valence-corrected chi connectivity index (χ1v) is 8.81. The number of hydrogen-bond donors (Lipinski definition) is 2. The molecule has 0 aliphatic heterocycles. The average molecular weight is 321 g/mol. The van der Waals surface area contributed by atoms with Crippen molar-refractivity contribution in [2.24, 2.45) is 5.73 Å². The number of rotatable bonds is 13. The largest absolute Gasteiger partial charge is 0.494 e. The predicted molar refractivity (Wildman–Crippen MR) is 93.9 cm³/mol. The van der Waals surface area contributed by atoms with Crippen LogP contribution >= 0.6 is 0 Å². The third-order valence-corrected chi connectivity index (χ3v) is 3.97. The third-order valence-electron chi connectivity index (χ3n) is 3.97. The number of carboxylic acids is 1. The molecule has 0 saturated heterocycles. The van der Waals surface area contributed by atoms with Gasteiger partial charge in [-0.05, 0) is 43.4 Å². The van der Waals surface area contributed by atoms with Crippen molar-refractivity contribution in [3.63, 3.8) is 0 Å². The zero-order valence-corrected chi connectivity index (χ0v) is 14.3. The molecule has 0 fully saturated rings. The Balaban J connectivity index is 2.18. The van der Waals surface area contributed by atoms with E-state index in [1.54, 1.807) is 0 Å². The van der Waals surface area contributed by atoms with Gasteiger partial charge in [0.2, 0.25) is 0 Å². The highest BCUT2D eigenvalue weighted by Gasteiger charge is 2.06. The summed E-state index contributed by atoms with van der Waals surface area (Å²) in [5.41, 5.74) is 7.14. The summed E-state index contributed by atoms with van der Waals surface area (Å²) in [6.07, 6.45) is 8.58. The third kappa shape index (κ3) is 9.95. The smallest absolute Gasteiger partial charge is 0.303 e. The number of hydrogen-bond acceptors (Lipinski definition) is 3. The molecule has 0 spiro atoms. The summed E-state index contributed by atoms with van der Waals surface area (Å²) < 4.78 is 5.74. The van der Waals surface area contributed by atoms with Crippen LogP contribution in [-0.4, -0.2) is 23.7 Å². The minimum atomic E-state index is -0.781. The number of benzene rings is 1. The average Bonchev–Trinajstić information content (AvgIpc) is 2.55. The van der Waals surface area contributed by atoms with Crippen molar-refractivity contribution in [3.05, 3.63) is 29.8 Å². The van der Waals surface area contributed by atoms with Crippen molar-refractivity contribution in [3.8, 4) is 5.75 Å². The molecule has 1 aromatic rings. The van der Waals surface area contributed by atoms with Gasteiger partial charge in [0.1, 0.15) is 5.75 Å². The van der Waals surface area contributed by atoms with Crippen LogP contribution in [0.4, 0.5) is 0 Å². The zero-order chi connectivity index (χ0) is 16.9. The molecule has 4 nitrogen and oxygen atoms in total. The van der Waals surface area contributed by atoms with Gasteiger partial charge in [0.15, 0.2) is 0 Å². The second-order valence-electron chi connectivity index (χ2n) is 6.14. The first kappa shape index (κ1) is 19.5. The number of unbranched alkanes of at least 4 members (excludes halogenated alkanes) is 4. The molecule has 0 bridgehead atoms. The Hall–Kier alpha value is -1.55. The maximum Gasteiger partial charge on any atom is 0.303 e. The molecule has 1 atom stereocenters. The Bertz CT molecular complexity index is 431. The van der Waals surface area contributed by atoms with Crippen LogP contribution in [0.1, 0.15) is 63.9 Å². The topological polar surface area (TPSA) is 72.5 Å². The van der Waals surface area contributed by atoms with Gasteiger partial charge in [-0.2, -0.15) is 0 Å². The molecular weight excluding hydrogens is 290 g/mol. The second-order valence-corrected chi connectivity index (χ2v) is 6.14. The molecule has 1 aromatic carbocycles. The van der Waals surface area contributed by atoms with E-state index in [9.17, 15) is 4.79 Å². The molecule has 0 aliphatic rings. The van der Waals surface area contributed by atoms with Crippen molar-refractivity contribution in [1.29, 1.82) is 0 Å². The van der Waals surface area contributed by atoms with E-state index in [1.165, 1.54) is 31.2 Å². The molecule has 130 valence electrons. The maximum absolute atomic E-state index is 10.5. The van der Waals surface area contributed by atoms with E-state index in [4.69, 9.17) is 15.6 Å². The lowest BCUT2D eigenvalue weighted by atomic mass is 10.0. The number of carboxylic acid groups (broad SMARTS) is 1. The summed E-state index contributed by atoms with van der Waals surface area (Å²) >= 11 is 0. The molecule has 0 aromatic heterocycles. The Morgan fingerprint density at radius 3 is 2.48 bits per heavy atom. The molecule has 0 saturated carbocycles. The van der Waals surface area contributed by atoms with Gasteiger partial charge in [0.05, 0.1) is 6.61 Å². The fourth-order valence-corrected chi connectivity index (χ4v) is 2.45. The van der Waals surface area contributed by atoms with Gasteiger partial charge in [-0.3, -0.25) is 4.79 Å². The predicted octanol–water partition coefficient (Wildman–Crippen LogP) is 4.16. The summed E-state index contributed by atoms with van der Waals surface area (Å²) in [4.78, 5) is 10.5. The van der Waals surface area contributed by atoms with E-state index in [0.717, 1.165) is 31.6 Å². The molecule has 3 N–H and O–H groups in total. The van der Waals surface area contributed by atoms with E-state index < -0.39 is 5.97 Å². The van der Waals surface area contributed by atoms with E-state index in [2.05, 4.69) is 19.1 Å². The fourth-order valence-electron chi connectivity index (χ4n) is 2.45. The SMILES string of the molecule is CCCCCCCOc1ccc(CC[C@@H](N)CCC(=O)O)cc1. The summed E-state index contributed by atoms with van der Waals surface area (Å²) in [7, 11) is 0. The van der Waals surface area contributed by atoms with Gasteiger partial charge in [0.25, 0.3) is 0 Å². The quantitative estimate of drug-likeness (QED) is 0.535. The number of carbonyl (C=O) groups is 1. The zero-order valence-electron chi connectivity index (χ0n) is 14.3. The van der Waals surface area contributed by atoms with Gasteiger partial charge < -0.3 is 15.6 Å². The van der Waals surface area contributed by atoms with Gasteiger partial charge in [0, 0.05) is 12.5 Å². The standard InChI is InChI=1S/C19H31NO3/c1-2-3-4-5-6-15-23-18-12-8-16(9-13-18)7-10-17(20)11-14-19(21)22/h8-9,12-13,17H,2-7,10-11,14-15,20H2,1H3,(H,21,22)/t17-/m1/s1. The van der Waals surface area contributed by atoms with Crippen LogP contribution in [-0.2, 0) is 11.2 Å². The van der Waals surface area contributed by atoms with E-state index in [0.29, 0.717) is 6.42 Å². The molecule has 23 heavy (non-hydrogen) atoms. The minimum absolute atomic E-state index is 0.0508. The van der Waals surface area contributed by atoms with Crippen molar-refractivity contribution >= 4 is 5.97 Å². The monoisotopic (exact) mass is 321 g/mol. The molecule has 0 unspecified atom stereocenters. The Morgan fingerprint density at radius 1 is 1.13 bits per heavy atom. The molecule has 0 heterocycles. The fraction of sp³-hybridized carbons (Fsp3) is 0.632. The normalized spacial score (nSPS) is 12.1. The number of nitrogens with two attached hydrogens (primary N) is 1. The summed E-state index contributed by atoms with van der Waals surface area (Å²) in [5.74, 6) is 0.135. The first-order chi connectivity index (χ1) is 11.1. The van der Waals surface area contributed by atoms with Gasteiger partial charge in [-0.1, -0.05) is 44.7 Å². The molecule has 4 heteroatoms. The van der Waals surface area contributed by atoms with Gasteiger partial charge in [-0.25, -0.2) is 0 Å². The van der Waals surface area contributed by atoms with Crippen molar-refractivity contribution in [1.82, 2.24) is 0 Å². The maximum atomic E-state index is 10.5. The molecule has 1 rings (SSSR count). The molecular formula is C19H31NO3. The van der Waals surface area contributed by atoms with Crippen molar-refractivity contribution in [2.75, 3.05) is 6.61 Å². The summed E-state index contributed by atoms with van der Waals surface area (Å²) in [5, 5.41) is 8.64. The van der Waals surface area contributed by atoms with Crippen LogP contribution in [0.2, 0.25) is 0 Å². The van der Waals surface area contributed by atoms with E-state index in [-0.39, 0.29) is 12.5 Å². The van der Waals surface area contributed by atoms with Crippen molar-refractivity contribution in [2.45, 2.75) is 70.8 Å². The Labute approximate surface area is 140 Å². The lowest BCUT2D eigenvalue weighted by molar-refractivity contribution is -0.137. The van der Waals surface area contributed by atoms with Crippen LogP contribution in [0.5, 0.6) is 5.75 Å². The highest BCUT2D eigenvalue weighted by Crippen LogP contribution is 2.15.